The number of aromatic nitrogens is 4. The van der Waals surface area contributed by atoms with Gasteiger partial charge in [-0.2, -0.15) is 4.98 Å². The first-order valence-corrected chi connectivity index (χ1v) is 11.9. The minimum atomic E-state index is -0.128. The standard InChI is InChI=1S/C21H28N10OS/c1-14-12-30(9-10-31(14)18-17-19(33-13-24-17)27-20(22)26-18)21(32)25-15-3-4-16(23-11-15)29-7-5-28(2)6-8-29/h3-4,11,13-14H,5-10,12H2,1-2H3,(H,25,32)(H2,22,26,27)/t14-/m0/s1. The number of hydrogen-bond donors (Lipinski definition) is 2. The van der Waals surface area contributed by atoms with E-state index in [0.29, 0.717) is 25.3 Å². The highest BCUT2D eigenvalue weighted by Gasteiger charge is 2.29. The average molecular weight is 469 g/mol. The van der Waals surface area contributed by atoms with Crippen molar-refractivity contribution in [2.24, 2.45) is 0 Å². The fourth-order valence-electron chi connectivity index (χ4n) is 4.31. The van der Waals surface area contributed by atoms with E-state index in [1.807, 2.05) is 17.0 Å². The van der Waals surface area contributed by atoms with Gasteiger partial charge in [-0.3, -0.25) is 0 Å². The van der Waals surface area contributed by atoms with Crippen molar-refractivity contribution in [1.29, 1.82) is 0 Å². The molecule has 12 heteroatoms. The van der Waals surface area contributed by atoms with Crippen LogP contribution >= 0.6 is 11.3 Å². The summed E-state index contributed by atoms with van der Waals surface area (Å²) in [7, 11) is 2.13. The predicted molar refractivity (Wildman–Crippen MR) is 131 cm³/mol. The van der Waals surface area contributed by atoms with E-state index in [2.05, 4.69) is 53.9 Å². The average Bonchev–Trinajstić information content (AvgIpc) is 3.28. The molecule has 11 nitrogen and oxygen atoms in total. The monoisotopic (exact) mass is 468 g/mol. The molecule has 3 aromatic rings. The summed E-state index contributed by atoms with van der Waals surface area (Å²) in [6.07, 6.45) is 1.73. The molecule has 1 atom stereocenters. The highest BCUT2D eigenvalue weighted by atomic mass is 32.1. The Morgan fingerprint density at radius 3 is 2.67 bits per heavy atom. The van der Waals surface area contributed by atoms with Crippen molar-refractivity contribution in [3.8, 4) is 0 Å². The molecule has 0 unspecified atom stereocenters. The first-order chi connectivity index (χ1) is 16.0. The van der Waals surface area contributed by atoms with Crippen LogP contribution in [-0.2, 0) is 0 Å². The number of carbonyl (C=O) groups excluding carboxylic acids is 1. The Bertz CT molecular complexity index is 1130. The Morgan fingerprint density at radius 1 is 1.12 bits per heavy atom. The zero-order chi connectivity index (χ0) is 22.9. The number of likely N-dealkylation sites (N-methyl/N-ethyl adjacent to an activating group) is 1. The summed E-state index contributed by atoms with van der Waals surface area (Å²) in [5.41, 5.74) is 9.11. The van der Waals surface area contributed by atoms with Gasteiger partial charge in [0.1, 0.15) is 11.3 Å². The summed E-state index contributed by atoms with van der Waals surface area (Å²) >= 11 is 1.44. The number of piperazine rings is 2. The fraction of sp³-hybridized carbons (Fsp3) is 0.476. The number of rotatable bonds is 3. The molecule has 5 heterocycles. The Labute approximate surface area is 196 Å². The molecule has 0 bridgehead atoms. The van der Waals surface area contributed by atoms with Crippen LogP contribution in [0.15, 0.2) is 23.8 Å². The molecule has 2 saturated heterocycles. The highest BCUT2D eigenvalue weighted by molar-refractivity contribution is 7.16. The number of nitrogens with two attached hydrogens (primary N) is 1. The second-order valence-electron chi connectivity index (χ2n) is 8.53. The van der Waals surface area contributed by atoms with Gasteiger partial charge in [0.2, 0.25) is 5.95 Å². The number of thiazole rings is 1. The van der Waals surface area contributed by atoms with Crippen LogP contribution in [0.2, 0.25) is 0 Å². The summed E-state index contributed by atoms with van der Waals surface area (Å²) in [4.78, 5) is 39.9. The number of amides is 2. The largest absolute Gasteiger partial charge is 0.368 e. The lowest BCUT2D eigenvalue weighted by Crippen LogP contribution is -2.55. The van der Waals surface area contributed by atoms with E-state index in [1.54, 1.807) is 11.7 Å². The minimum Gasteiger partial charge on any atom is -0.368 e. The Balaban J connectivity index is 1.21. The van der Waals surface area contributed by atoms with Crippen LogP contribution in [0.1, 0.15) is 6.92 Å². The first kappa shape index (κ1) is 21.6. The summed E-state index contributed by atoms with van der Waals surface area (Å²) in [6, 6.07) is 3.82. The zero-order valence-corrected chi connectivity index (χ0v) is 19.6. The lowest BCUT2D eigenvalue weighted by Gasteiger charge is -2.40. The summed E-state index contributed by atoms with van der Waals surface area (Å²) < 4.78 is 0. The third-order valence-electron chi connectivity index (χ3n) is 6.21. The maximum Gasteiger partial charge on any atom is 0.322 e. The molecule has 33 heavy (non-hydrogen) atoms. The van der Waals surface area contributed by atoms with E-state index < -0.39 is 0 Å². The number of hydrogen-bond acceptors (Lipinski definition) is 10. The topological polar surface area (TPSA) is 120 Å². The van der Waals surface area contributed by atoms with Gasteiger partial charge in [0, 0.05) is 51.9 Å². The van der Waals surface area contributed by atoms with E-state index in [9.17, 15) is 4.79 Å². The SMILES string of the molecule is C[C@H]1CN(C(=O)Nc2ccc(N3CCN(C)CC3)nc2)CCN1c1nc(N)nc2scnc12. The van der Waals surface area contributed by atoms with Gasteiger partial charge in [-0.1, -0.05) is 0 Å². The molecule has 3 aromatic heterocycles. The van der Waals surface area contributed by atoms with Gasteiger partial charge in [-0.05, 0) is 26.1 Å². The molecular weight excluding hydrogens is 440 g/mol. The number of anilines is 4. The van der Waals surface area contributed by atoms with Crippen LogP contribution in [0, 0.1) is 0 Å². The molecule has 2 amide bonds. The number of urea groups is 1. The molecule has 0 aliphatic carbocycles. The van der Waals surface area contributed by atoms with Crippen LogP contribution in [-0.4, -0.2) is 94.7 Å². The third-order valence-corrected chi connectivity index (χ3v) is 6.93. The maximum absolute atomic E-state index is 12.9. The van der Waals surface area contributed by atoms with Crippen molar-refractivity contribution in [1.82, 2.24) is 29.7 Å². The second-order valence-corrected chi connectivity index (χ2v) is 9.36. The van der Waals surface area contributed by atoms with E-state index in [-0.39, 0.29) is 18.0 Å². The van der Waals surface area contributed by atoms with Crippen molar-refractivity contribution < 1.29 is 4.79 Å². The predicted octanol–water partition coefficient (Wildman–Crippen LogP) is 1.56. The van der Waals surface area contributed by atoms with Crippen molar-refractivity contribution in [3.63, 3.8) is 0 Å². The van der Waals surface area contributed by atoms with E-state index in [4.69, 9.17) is 5.73 Å². The van der Waals surface area contributed by atoms with E-state index >= 15 is 0 Å². The fourth-order valence-corrected chi connectivity index (χ4v) is 4.97. The Hall–Kier alpha value is -3.25. The van der Waals surface area contributed by atoms with Crippen molar-refractivity contribution >= 4 is 51.0 Å². The molecule has 2 aliphatic heterocycles. The third kappa shape index (κ3) is 4.48. The van der Waals surface area contributed by atoms with E-state index in [1.165, 1.54) is 11.3 Å². The van der Waals surface area contributed by atoms with Gasteiger partial charge >= 0.3 is 6.03 Å². The molecule has 0 saturated carbocycles. The number of nitrogen functional groups attached to an aromatic ring is 1. The molecule has 5 rings (SSSR count). The number of pyridine rings is 1. The van der Waals surface area contributed by atoms with Gasteiger partial charge in [0.15, 0.2) is 10.6 Å². The highest BCUT2D eigenvalue weighted by Crippen LogP contribution is 2.29. The second kappa shape index (κ2) is 8.94. The van der Waals surface area contributed by atoms with Crippen LogP contribution in [0.3, 0.4) is 0 Å². The summed E-state index contributed by atoms with van der Waals surface area (Å²) in [5.74, 6) is 1.91. The van der Waals surface area contributed by atoms with Gasteiger partial charge in [-0.15, -0.1) is 11.3 Å². The van der Waals surface area contributed by atoms with Gasteiger partial charge < -0.3 is 30.7 Å². The van der Waals surface area contributed by atoms with Gasteiger partial charge in [0.05, 0.1) is 17.4 Å². The molecule has 2 aliphatic rings. The Kier molecular flexibility index (Phi) is 5.85. The lowest BCUT2D eigenvalue weighted by atomic mass is 10.2. The number of carbonyl (C=O) groups is 1. The summed E-state index contributed by atoms with van der Waals surface area (Å²) in [5, 5.41) is 2.98. The van der Waals surface area contributed by atoms with Gasteiger partial charge in [-0.25, -0.2) is 19.7 Å². The normalized spacial score (nSPS) is 19.8. The zero-order valence-electron chi connectivity index (χ0n) is 18.8. The van der Waals surface area contributed by atoms with Crippen LogP contribution in [0.25, 0.3) is 10.3 Å². The van der Waals surface area contributed by atoms with Crippen molar-refractivity contribution in [3.05, 3.63) is 23.8 Å². The van der Waals surface area contributed by atoms with Crippen molar-refractivity contribution in [2.75, 3.05) is 73.7 Å². The smallest absolute Gasteiger partial charge is 0.322 e. The van der Waals surface area contributed by atoms with Crippen LogP contribution in [0.4, 0.5) is 28.1 Å². The van der Waals surface area contributed by atoms with Gasteiger partial charge in [0.25, 0.3) is 0 Å². The van der Waals surface area contributed by atoms with Crippen LogP contribution < -0.4 is 20.9 Å². The molecule has 2 fully saturated rings. The molecule has 174 valence electrons. The van der Waals surface area contributed by atoms with E-state index in [0.717, 1.165) is 48.2 Å². The van der Waals surface area contributed by atoms with Crippen molar-refractivity contribution in [2.45, 2.75) is 13.0 Å². The molecule has 3 N–H and O–H groups in total. The number of nitrogens with one attached hydrogen (secondary N) is 1. The maximum atomic E-state index is 12.9. The minimum absolute atomic E-state index is 0.0569. The quantitative estimate of drug-likeness (QED) is 0.590. The first-order valence-electron chi connectivity index (χ1n) is 11.1. The van der Waals surface area contributed by atoms with Crippen LogP contribution in [0.5, 0.6) is 0 Å². The Morgan fingerprint density at radius 2 is 1.94 bits per heavy atom. The number of fused-ring (bicyclic) bond motifs is 1. The summed E-state index contributed by atoms with van der Waals surface area (Å²) in [6.45, 7) is 7.82. The number of nitrogens with zero attached hydrogens (tertiary/aromatic N) is 8. The molecule has 0 aromatic carbocycles. The molecule has 0 spiro atoms. The lowest BCUT2D eigenvalue weighted by molar-refractivity contribution is 0.200. The molecular formula is C21H28N10OS. The molecule has 0 radical (unpaired) electrons.